The van der Waals surface area contributed by atoms with Crippen molar-refractivity contribution < 1.29 is 53.4 Å². The average molecular weight is 906 g/mol. The number of nitrogens with two attached hydrogens (primary N) is 5. The van der Waals surface area contributed by atoms with Gasteiger partial charge in [0.05, 0.1) is 12.6 Å². The zero-order valence-electron chi connectivity index (χ0n) is 35.0. The van der Waals surface area contributed by atoms with E-state index in [9.17, 15) is 53.4 Å². The smallest absolute Gasteiger partial charge is 0.326 e. The maximum absolute atomic E-state index is 13.9. The third kappa shape index (κ3) is 18.6. The molecule has 0 spiro atoms. The van der Waals surface area contributed by atoms with Crippen LogP contribution in [0.25, 0.3) is 10.9 Å². The van der Waals surface area contributed by atoms with E-state index in [0.717, 1.165) is 0 Å². The first-order valence-corrected chi connectivity index (χ1v) is 21.2. The van der Waals surface area contributed by atoms with Crippen LogP contribution >= 0.6 is 11.8 Å². The van der Waals surface area contributed by atoms with Crippen LogP contribution in [0.3, 0.4) is 0 Å². The number of carboxylic acid groups (broad SMARTS) is 1. The van der Waals surface area contributed by atoms with Gasteiger partial charge in [-0.25, -0.2) is 4.79 Å². The van der Waals surface area contributed by atoms with Crippen LogP contribution in [0.5, 0.6) is 0 Å². The fourth-order valence-electron chi connectivity index (χ4n) is 5.95. The van der Waals surface area contributed by atoms with Gasteiger partial charge in [0.1, 0.15) is 36.3 Å². The Balaban J connectivity index is 2.26. The minimum atomic E-state index is -1.62. The molecule has 0 saturated carbocycles. The number of rotatable bonds is 29. The highest BCUT2D eigenvalue weighted by Gasteiger charge is 2.33. The van der Waals surface area contributed by atoms with Crippen molar-refractivity contribution in [2.75, 3.05) is 25.2 Å². The van der Waals surface area contributed by atoms with Gasteiger partial charge in [-0.2, -0.15) is 11.8 Å². The summed E-state index contributed by atoms with van der Waals surface area (Å²) >= 11 is 1.36. The fraction of sp³-hybridized carbons (Fsp3) is 0.526. The second kappa shape index (κ2) is 26.8. The van der Waals surface area contributed by atoms with Gasteiger partial charge < -0.3 is 75.8 Å². The maximum Gasteiger partial charge on any atom is 0.326 e. The van der Waals surface area contributed by atoms with Crippen molar-refractivity contribution in [3.8, 4) is 0 Å². The first-order valence-electron chi connectivity index (χ1n) is 19.8. The fourth-order valence-corrected chi connectivity index (χ4v) is 6.42. The van der Waals surface area contributed by atoms with Crippen molar-refractivity contribution in [2.45, 2.75) is 101 Å². The molecule has 0 radical (unpaired) electrons. The minimum Gasteiger partial charge on any atom is -0.480 e. The first-order chi connectivity index (χ1) is 29.8. The summed E-state index contributed by atoms with van der Waals surface area (Å²) in [5.74, 6) is -8.13. The Morgan fingerprint density at radius 3 is 1.84 bits per heavy atom. The number of amides is 8. The normalized spacial score (nSPS) is 14.3. The van der Waals surface area contributed by atoms with E-state index in [1.54, 1.807) is 36.7 Å². The number of aliphatic hydroxyl groups is 1. The molecule has 0 saturated heterocycles. The molecular formula is C38H59N13O11S. The van der Waals surface area contributed by atoms with Crippen LogP contribution in [0.15, 0.2) is 35.5 Å². The largest absolute Gasteiger partial charge is 0.480 e. The summed E-state index contributed by atoms with van der Waals surface area (Å²) in [6, 6.07) is -2.68. The number of nitrogens with zero attached hydrogens (tertiary/aromatic N) is 1. The van der Waals surface area contributed by atoms with E-state index < -0.39 is 109 Å². The quantitative estimate of drug-likeness (QED) is 0.0207. The number of nitrogens with one attached hydrogen (secondary N) is 7. The molecule has 1 heterocycles. The van der Waals surface area contributed by atoms with Crippen molar-refractivity contribution in [3.05, 3.63) is 36.0 Å². The van der Waals surface area contributed by atoms with Crippen LogP contribution in [-0.4, -0.2) is 142 Å². The van der Waals surface area contributed by atoms with Gasteiger partial charge in [-0.15, -0.1) is 0 Å². The molecule has 0 bridgehead atoms. The summed E-state index contributed by atoms with van der Waals surface area (Å²) in [5, 5.41) is 35.1. The second-order valence-electron chi connectivity index (χ2n) is 14.5. The number of aromatic nitrogens is 1. The highest BCUT2D eigenvalue weighted by Crippen LogP contribution is 2.19. The Kier molecular flexibility index (Phi) is 22.4. The number of hydrogen-bond acceptors (Lipinski definition) is 13. The maximum atomic E-state index is 13.9. The third-order valence-electron chi connectivity index (χ3n) is 9.45. The molecule has 0 aliphatic rings. The number of carbonyl (C=O) groups is 9. The molecule has 0 aliphatic heterocycles. The predicted octanol–water partition coefficient (Wildman–Crippen LogP) is -4.62. The number of guanidine groups is 1. The zero-order chi connectivity index (χ0) is 47.2. The molecule has 19 N–H and O–H groups in total. The van der Waals surface area contributed by atoms with Gasteiger partial charge in [0, 0.05) is 42.9 Å². The SMILES string of the molecule is CSCC[C@H](NC(=O)[C@@H](N)CCC(N)=O)C(=O)N[C@@H](CO)C(=O)N[C@@H](C)C(=O)N[C@@H](CCC(N)=O)C(=O)N[C@@H](Cc1c[nH]c2ccccc12)C(=O)N[C@@H](CCCN=C(N)N)C(=O)O. The van der Waals surface area contributed by atoms with E-state index in [1.807, 2.05) is 0 Å². The summed E-state index contributed by atoms with van der Waals surface area (Å²) in [6.07, 6.45) is 2.41. The monoisotopic (exact) mass is 905 g/mol. The molecule has 7 atom stereocenters. The molecule has 24 nitrogen and oxygen atoms in total. The second-order valence-corrected chi connectivity index (χ2v) is 15.5. The molecule has 25 heteroatoms. The van der Waals surface area contributed by atoms with Crippen molar-refractivity contribution in [2.24, 2.45) is 33.7 Å². The number of thioether (sulfide) groups is 1. The molecule has 1 aromatic carbocycles. The Labute approximate surface area is 366 Å². The van der Waals surface area contributed by atoms with E-state index in [2.05, 4.69) is 41.9 Å². The molecular weight excluding hydrogens is 847 g/mol. The van der Waals surface area contributed by atoms with Gasteiger partial charge in [0.2, 0.25) is 47.3 Å². The number of aromatic amines is 1. The van der Waals surface area contributed by atoms with Crippen LogP contribution < -0.4 is 60.6 Å². The minimum absolute atomic E-state index is 0.0725. The predicted molar refractivity (Wildman–Crippen MR) is 232 cm³/mol. The molecule has 63 heavy (non-hydrogen) atoms. The number of benzene rings is 1. The van der Waals surface area contributed by atoms with Crippen LogP contribution in [0.1, 0.15) is 57.4 Å². The number of para-hydroxylation sites is 1. The van der Waals surface area contributed by atoms with Crippen molar-refractivity contribution in [1.82, 2.24) is 36.9 Å². The van der Waals surface area contributed by atoms with Crippen molar-refractivity contribution >= 4 is 81.9 Å². The van der Waals surface area contributed by atoms with Crippen LogP contribution in [0.4, 0.5) is 0 Å². The van der Waals surface area contributed by atoms with Gasteiger partial charge in [0.25, 0.3) is 0 Å². The molecule has 2 rings (SSSR count). The van der Waals surface area contributed by atoms with Crippen LogP contribution in [-0.2, 0) is 49.6 Å². The van der Waals surface area contributed by atoms with Gasteiger partial charge in [-0.3, -0.25) is 43.3 Å². The average Bonchev–Trinajstić information content (AvgIpc) is 3.64. The Hall–Kier alpha value is -6.47. The van der Waals surface area contributed by atoms with Gasteiger partial charge >= 0.3 is 5.97 Å². The Morgan fingerprint density at radius 1 is 0.698 bits per heavy atom. The van der Waals surface area contributed by atoms with Crippen LogP contribution in [0.2, 0.25) is 0 Å². The lowest BCUT2D eigenvalue weighted by atomic mass is 10.0. The molecule has 0 aliphatic carbocycles. The van der Waals surface area contributed by atoms with E-state index in [0.29, 0.717) is 22.2 Å². The van der Waals surface area contributed by atoms with Crippen LogP contribution in [0, 0.1) is 0 Å². The number of aliphatic hydroxyl groups excluding tert-OH is 1. The highest BCUT2D eigenvalue weighted by molar-refractivity contribution is 7.98. The lowest BCUT2D eigenvalue weighted by Gasteiger charge is -2.26. The van der Waals surface area contributed by atoms with Crippen molar-refractivity contribution in [1.29, 1.82) is 0 Å². The van der Waals surface area contributed by atoms with E-state index in [4.69, 9.17) is 28.7 Å². The number of carboxylic acids is 1. The molecule has 0 fully saturated rings. The number of hydrogen-bond donors (Lipinski definition) is 14. The molecule has 8 amide bonds. The zero-order valence-corrected chi connectivity index (χ0v) is 35.8. The lowest BCUT2D eigenvalue weighted by molar-refractivity contribution is -0.142. The molecule has 2 aromatic rings. The molecule has 0 unspecified atom stereocenters. The summed E-state index contributed by atoms with van der Waals surface area (Å²) in [7, 11) is 0. The number of fused-ring (bicyclic) bond motifs is 1. The summed E-state index contributed by atoms with van der Waals surface area (Å²) in [6.45, 7) is 0.381. The number of H-pyrrole nitrogens is 1. The van der Waals surface area contributed by atoms with Crippen molar-refractivity contribution in [3.63, 3.8) is 0 Å². The number of aliphatic imine (C=N–C) groups is 1. The topological polar surface area (TPSA) is 425 Å². The van der Waals surface area contributed by atoms with E-state index in [-0.39, 0.29) is 57.5 Å². The lowest BCUT2D eigenvalue weighted by Crippen LogP contribution is -2.60. The van der Waals surface area contributed by atoms with Gasteiger partial charge in [-0.05, 0) is 62.7 Å². The Bertz CT molecular complexity index is 1960. The Morgan fingerprint density at radius 2 is 1.24 bits per heavy atom. The number of carbonyl (C=O) groups excluding carboxylic acids is 8. The third-order valence-corrected chi connectivity index (χ3v) is 10.1. The van der Waals surface area contributed by atoms with Gasteiger partial charge in [-0.1, -0.05) is 18.2 Å². The summed E-state index contributed by atoms with van der Waals surface area (Å²) in [4.78, 5) is 122. The summed E-state index contributed by atoms with van der Waals surface area (Å²) < 4.78 is 0. The van der Waals surface area contributed by atoms with Gasteiger partial charge in [0.15, 0.2) is 5.96 Å². The number of aliphatic carboxylic acids is 1. The molecule has 1 aromatic heterocycles. The number of primary amides is 2. The molecule has 348 valence electrons. The van der Waals surface area contributed by atoms with E-state index in [1.165, 1.54) is 18.7 Å². The van der Waals surface area contributed by atoms with E-state index >= 15 is 0 Å². The first kappa shape index (κ1) is 52.7. The summed E-state index contributed by atoms with van der Waals surface area (Å²) in [5.41, 5.74) is 28.3. The highest BCUT2D eigenvalue weighted by atomic mass is 32.2. The standard InChI is InChI=1S/C38H59N13O11S/c1-19(46-36(60)28(18-52)51-34(58)25(13-15-63-2)48-32(56)22(39)9-11-29(40)53)31(55)47-24(10-12-30(41)54)33(57)50-27(16-20-17-45-23-7-4-3-6-21(20)23)35(59)49-26(37(61)62)8-5-14-44-38(42)43/h3-4,6-7,17,19,22,24-28,45,52H,5,8-16,18,39H2,1-2H3,(H2,40,53)(H2,41,54)(H,46,60)(H,47,55)(H,48,56)(H,49,59)(H,50,57)(H,51,58)(H,61,62)(H4,42,43,44)/t19-,22-,24-,25-,26-,27-,28-/m0/s1.